The van der Waals surface area contributed by atoms with Crippen LogP contribution in [0.4, 0.5) is 0 Å². The van der Waals surface area contributed by atoms with Crippen LogP contribution >= 0.6 is 0 Å². The van der Waals surface area contributed by atoms with Gasteiger partial charge in [-0.2, -0.15) is 0 Å². The van der Waals surface area contributed by atoms with E-state index in [0.717, 1.165) is 82.6 Å². The summed E-state index contributed by atoms with van der Waals surface area (Å²) in [4.78, 5) is 0. The van der Waals surface area contributed by atoms with Crippen LogP contribution in [-0.2, 0) is 50.9 Å². The smallest absolute Gasteiger partial charge is 0.0456 e. The normalized spacial score (nSPS) is 14.7. The monoisotopic (exact) mass is 2060 g/mol. The Kier molecular flexibility index (Phi) is 61.3. The molecule has 0 aliphatic heterocycles. The van der Waals surface area contributed by atoms with Crippen molar-refractivity contribution in [3.05, 3.63) is 283 Å². The van der Waals surface area contributed by atoms with Crippen molar-refractivity contribution in [1.82, 2.24) is 0 Å². The summed E-state index contributed by atoms with van der Waals surface area (Å²) in [6.45, 7) is 87.8. The van der Waals surface area contributed by atoms with Gasteiger partial charge >= 0.3 is 0 Å². The lowest BCUT2D eigenvalue weighted by molar-refractivity contribution is 0.217. The van der Waals surface area contributed by atoms with Crippen LogP contribution < -0.4 is 91.7 Å². The first kappa shape index (κ1) is 140. The number of hydrogen-bond acceptors (Lipinski definition) is 16. The molecule has 9 atom stereocenters. The number of rotatable bonds is 45. The number of hydrogen-bond donors (Lipinski definition) is 16. The van der Waals surface area contributed by atoms with Crippen molar-refractivity contribution in [3.63, 3.8) is 0 Å². The quantitative estimate of drug-likeness (QED) is 0.0169. The maximum Gasteiger partial charge on any atom is 0.0456 e. The average Bonchev–Trinajstić information content (AvgIpc) is 0.766. The Balaban J connectivity index is 0.000000853. The van der Waals surface area contributed by atoms with Crippen molar-refractivity contribution in [1.29, 1.82) is 0 Å². The van der Waals surface area contributed by atoms with Crippen molar-refractivity contribution in [2.75, 3.05) is 0 Å². The minimum absolute atomic E-state index is 0.0727. The van der Waals surface area contributed by atoms with Gasteiger partial charge < -0.3 is 91.7 Å². The molecule has 0 heterocycles. The average molecular weight is 2060 g/mol. The van der Waals surface area contributed by atoms with Crippen LogP contribution in [0, 0.1) is 101 Å². The fourth-order valence-corrected chi connectivity index (χ4v) is 21.4. The first-order valence-electron chi connectivity index (χ1n) is 58.2. The lowest BCUT2D eigenvalue weighted by Gasteiger charge is -2.41. The molecule has 0 bridgehead atoms. The predicted molar refractivity (Wildman–Crippen MR) is 657 cm³/mol. The summed E-state index contributed by atoms with van der Waals surface area (Å²) >= 11 is 0. The molecule has 9 unspecified atom stereocenters. The fourth-order valence-electron chi connectivity index (χ4n) is 21.4. The van der Waals surface area contributed by atoms with Crippen LogP contribution in [0.2, 0.25) is 0 Å². The Morgan fingerprint density at radius 3 is 0.617 bits per heavy atom. The first-order chi connectivity index (χ1) is 69.1. The molecule has 8 rings (SSSR count). The molecule has 0 saturated heterocycles. The Labute approximate surface area is 916 Å². The maximum atomic E-state index is 6.83. The molecule has 16 nitrogen and oxygen atoms in total. The molecule has 8 aromatic rings. The highest BCUT2D eigenvalue weighted by Crippen LogP contribution is 2.44. The molecule has 32 N–H and O–H groups in total. The molecule has 149 heavy (non-hydrogen) atoms. The van der Waals surface area contributed by atoms with E-state index in [2.05, 4.69) is 459 Å². The van der Waals surface area contributed by atoms with Crippen LogP contribution in [0.15, 0.2) is 194 Å². The second kappa shape index (κ2) is 65.2. The summed E-state index contributed by atoms with van der Waals surface area (Å²) in [5.74, 6) is 6.89. The Bertz CT molecular complexity index is 4850. The van der Waals surface area contributed by atoms with Crippen LogP contribution in [0.3, 0.4) is 0 Å². The molecule has 0 fully saturated rings. The van der Waals surface area contributed by atoms with E-state index in [-0.39, 0.29) is 86.6 Å². The lowest BCUT2D eigenvalue weighted by atomic mass is 9.69. The molecule has 0 aliphatic carbocycles. The van der Waals surface area contributed by atoms with Gasteiger partial charge in [0.25, 0.3) is 0 Å². The summed E-state index contributed by atoms with van der Waals surface area (Å²) in [6, 6.07) is 68.9. The summed E-state index contributed by atoms with van der Waals surface area (Å²) in [6.07, 6.45) is 12.7. The van der Waals surface area contributed by atoms with Crippen LogP contribution in [0.1, 0.15) is 485 Å². The summed E-state index contributed by atoms with van der Waals surface area (Å²) in [5, 5.41) is 0. The van der Waals surface area contributed by atoms with E-state index >= 15 is 0 Å². The molecule has 0 saturated carbocycles. The molecule has 0 aliphatic rings. The van der Waals surface area contributed by atoms with Gasteiger partial charge in [-0.1, -0.05) is 510 Å². The number of benzene rings is 8. The third-order valence-corrected chi connectivity index (χ3v) is 33.4. The second-order valence-electron chi connectivity index (χ2n) is 49.7. The third-order valence-electron chi connectivity index (χ3n) is 33.4. The minimum atomic E-state index is -0.328. The highest BCUT2D eigenvalue weighted by Gasteiger charge is 2.42. The van der Waals surface area contributed by atoms with E-state index in [9.17, 15) is 0 Å². The molecule has 0 radical (unpaired) electrons. The van der Waals surface area contributed by atoms with E-state index < -0.39 is 0 Å². The van der Waals surface area contributed by atoms with Crippen LogP contribution in [0.5, 0.6) is 0 Å². The zero-order valence-corrected chi connectivity index (χ0v) is 103. The Morgan fingerprint density at radius 1 is 0.195 bits per heavy atom. The fraction of sp³-hybridized carbons (Fsp3) is 0.639. The second-order valence-corrected chi connectivity index (χ2v) is 49.7. The molecule has 846 valence electrons. The van der Waals surface area contributed by atoms with Crippen molar-refractivity contribution < 1.29 is 0 Å². The molecular formula is C133H234N16. The molecule has 0 spiro atoms. The van der Waals surface area contributed by atoms with Gasteiger partial charge in [0.1, 0.15) is 0 Å². The van der Waals surface area contributed by atoms with E-state index in [1.54, 1.807) is 0 Å². The Morgan fingerprint density at radius 2 is 0.383 bits per heavy atom. The third kappa shape index (κ3) is 38.9. The molecule has 0 amide bonds. The maximum absolute atomic E-state index is 6.83. The first-order valence-corrected chi connectivity index (χ1v) is 58.2. The predicted octanol–water partition coefficient (Wildman–Crippen LogP) is 30.1. The lowest BCUT2D eigenvalue weighted by Crippen LogP contribution is -2.49. The van der Waals surface area contributed by atoms with Gasteiger partial charge in [-0.25, -0.2) is 0 Å². The van der Waals surface area contributed by atoms with Crippen molar-refractivity contribution in [3.8, 4) is 0 Å². The highest BCUT2D eigenvalue weighted by molar-refractivity contribution is 5.40. The standard InChI is InChI=1S/C20H36N2.5C17H30N2.2C14H24N2/c1-13(2)19(21,14(3)4)17-10-9-11-18(12-17)20(22,15(5)6)16(7)8;1-11(2)16(18)14-8-7-9-15(10-14)17(19,12(3)4)13(5)6;1-6-10-17(19,13(4)5)15-9-7-8-14(11-15)16(18)12(2)3;1-6-8-16(18)14-9-7-10-15(11-14)17(19,12(2)3)13(4)5;1-5-10-17(19,11-6-2)15-9-7-8-14(12-15)16(18)13(3)4;1-5-8-16(18)14-9-7-10-15(12-14)17(19,11-6-2)13(3)4;1-10(2)14(16,11(3)4)13-7-5-6-12(8-13)9-15;1-9(2)13(15)11-6-5-7-12(8-11)14(16)10(3)4/h9-16H,21-22H2,1-8H3;7-13,16H,18-19H2,1-6H3;7-9,11-13,16H,6,10,18-19H2,1-5H3;7,9-13,16H,6,8,18-19H2,1-5H3;7-9,12-13,16H,5-6,10-11,18-19H2,1-4H3;7,9-10,12-13,16H,5-6,8,11,18-19H2,1-4H3;5-8,10-11H,9,15-16H2,1-4H3;5-10,13-14H,15-16H2,1-4H3. The zero-order valence-electron chi connectivity index (χ0n) is 103. The number of nitrogens with two attached hydrogens (primary N) is 16. The topological polar surface area (TPSA) is 416 Å². The SMILES string of the molecule is CC(C)C(N)(c1cccc(C(N)(C(C)C)C(C)C)c1)C(C)C.CC(C)C(N)(c1cccc(CN)c1)C(C)C.CC(C)C(N)c1cccc(C(N)(C(C)C)C(C)C)c1.CC(C)C(N)c1cccc(C(N)C(C)C)c1.CCCC(N)(CCC)c1cccc(C(N)C(C)C)c1.CCCC(N)(c1cccc(C(N)C(C)C)c1)C(C)C.CCCC(N)c1cccc(C(N)(C(C)C)C(C)C)c1.CCCC(N)c1cccc(C(N)(CCC)C(C)C)c1. The molecule has 8 aromatic carbocycles. The van der Waals surface area contributed by atoms with Crippen molar-refractivity contribution in [2.24, 2.45) is 192 Å². The van der Waals surface area contributed by atoms with Gasteiger partial charge in [0.05, 0.1) is 0 Å². The highest BCUT2D eigenvalue weighted by atomic mass is 14.8. The van der Waals surface area contributed by atoms with E-state index in [0.29, 0.717) is 107 Å². The molecule has 0 aromatic heterocycles. The van der Waals surface area contributed by atoms with Crippen molar-refractivity contribution in [2.45, 2.75) is 447 Å². The van der Waals surface area contributed by atoms with Crippen molar-refractivity contribution >= 4 is 0 Å². The summed E-state index contributed by atoms with van der Waals surface area (Å²) in [5.41, 5.74) is 120. The summed E-state index contributed by atoms with van der Waals surface area (Å²) in [7, 11) is 0. The molecule has 16 heteroatoms. The van der Waals surface area contributed by atoms with E-state index in [1.807, 2.05) is 12.1 Å². The van der Waals surface area contributed by atoms with Gasteiger partial charge in [-0.3, -0.25) is 0 Å². The van der Waals surface area contributed by atoms with Crippen LogP contribution in [0.25, 0.3) is 0 Å². The largest absolute Gasteiger partial charge is 0.326 e. The van der Waals surface area contributed by atoms with Gasteiger partial charge in [0.2, 0.25) is 0 Å². The van der Waals surface area contributed by atoms with Gasteiger partial charge in [0, 0.05) is 93.1 Å². The van der Waals surface area contributed by atoms with Gasteiger partial charge in [-0.15, -0.1) is 0 Å². The van der Waals surface area contributed by atoms with Gasteiger partial charge in [-0.05, 0) is 228 Å². The Hall–Kier alpha value is -6.88. The van der Waals surface area contributed by atoms with E-state index in [4.69, 9.17) is 91.7 Å². The minimum Gasteiger partial charge on any atom is -0.326 e. The molecular weight excluding hydrogens is 1820 g/mol. The summed E-state index contributed by atoms with van der Waals surface area (Å²) < 4.78 is 0. The van der Waals surface area contributed by atoms with E-state index in [1.165, 1.54) is 83.5 Å². The van der Waals surface area contributed by atoms with Gasteiger partial charge in [0.15, 0.2) is 0 Å². The zero-order chi connectivity index (χ0) is 115. The van der Waals surface area contributed by atoms with Crippen LogP contribution in [-0.4, -0.2) is 0 Å².